The molecule has 0 amide bonds. The summed E-state index contributed by atoms with van der Waals surface area (Å²) in [5.74, 6) is 0. The second kappa shape index (κ2) is 6.28. The standard InChI is InChI=1S/C18H29NO/c1-5-18(6-2,19(3)4)17(20)13-14-10-11-15-8-7-9-16(15)12-14/h10-12,17,20H,5-9,13H2,1-4H3. The molecule has 2 rings (SSSR count). The molecular formula is C18H29NO. The van der Waals surface area contributed by atoms with Gasteiger partial charge in [-0.2, -0.15) is 0 Å². The van der Waals surface area contributed by atoms with Crippen LogP contribution in [0, 0.1) is 0 Å². The number of benzene rings is 1. The highest BCUT2D eigenvalue weighted by Crippen LogP contribution is 2.29. The van der Waals surface area contributed by atoms with Crippen molar-refractivity contribution in [1.82, 2.24) is 4.90 Å². The summed E-state index contributed by atoms with van der Waals surface area (Å²) in [6, 6.07) is 6.79. The first-order valence-corrected chi connectivity index (χ1v) is 7.99. The molecule has 0 aromatic heterocycles. The largest absolute Gasteiger partial charge is 0.391 e. The minimum absolute atomic E-state index is 0.112. The van der Waals surface area contributed by atoms with E-state index in [-0.39, 0.29) is 11.6 Å². The van der Waals surface area contributed by atoms with E-state index < -0.39 is 0 Å². The zero-order valence-corrected chi connectivity index (χ0v) is 13.4. The van der Waals surface area contributed by atoms with E-state index in [1.807, 2.05) is 0 Å². The summed E-state index contributed by atoms with van der Waals surface area (Å²) < 4.78 is 0. The van der Waals surface area contributed by atoms with E-state index in [2.05, 4.69) is 51.0 Å². The fourth-order valence-electron chi connectivity index (χ4n) is 3.82. The van der Waals surface area contributed by atoms with Gasteiger partial charge in [-0.25, -0.2) is 0 Å². The number of aliphatic hydroxyl groups excluding tert-OH is 1. The molecule has 1 aliphatic carbocycles. The van der Waals surface area contributed by atoms with Crippen LogP contribution in [0.5, 0.6) is 0 Å². The quantitative estimate of drug-likeness (QED) is 0.862. The van der Waals surface area contributed by atoms with E-state index in [1.165, 1.54) is 36.0 Å². The number of aryl methyl sites for hydroxylation is 2. The lowest BCUT2D eigenvalue weighted by atomic mass is 9.82. The average Bonchev–Trinajstić information content (AvgIpc) is 2.87. The fourth-order valence-corrected chi connectivity index (χ4v) is 3.82. The average molecular weight is 275 g/mol. The summed E-state index contributed by atoms with van der Waals surface area (Å²) >= 11 is 0. The number of nitrogens with zero attached hydrogens (tertiary/aromatic N) is 1. The normalized spacial score (nSPS) is 16.5. The van der Waals surface area contributed by atoms with Gasteiger partial charge in [-0.1, -0.05) is 32.0 Å². The van der Waals surface area contributed by atoms with E-state index in [0.717, 1.165) is 19.3 Å². The van der Waals surface area contributed by atoms with E-state index in [9.17, 15) is 5.11 Å². The Hall–Kier alpha value is -0.860. The molecule has 2 heteroatoms. The zero-order valence-electron chi connectivity index (χ0n) is 13.4. The predicted molar refractivity (Wildman–Crippen MR) is 85.2 cm³/mol. The summed E-state index contributed by atoms with van der Waals surface area (Å²) in [5.41, 5.74) is 4.18. The third-order valence-corrected chi connectivity index (χ3v) is 5.33. The Kier molecular flexibility index (Phi) is 4.87. The Labute approximate surface area is 123 Å². The molecule has 1 aromatic carbocycles. The maximum atomic E-state index is 10.8. The molecule has 0 heterocycles. The summed E-state index contributed by atoms with van der Waals surface area (Å²) in [7, 11) is 4.16. The first-order chi connectivity index (χ1) is 9.53. The second-order valence-corrected chi connectivity index (χ2v) is 6.38. The van der Waals surface area contributed by atoms with Gasteiger partial charge >= 0.3 is 0 Å². The highest BCUT2D eigenvalue weighted by Gasteiger charge is 2.36. The van der Waals surface area contributed by atoms with Crippen LogP contribution in [0.25, 0.3) is 0 Å². The Morgan fingerprint density at radius 1 is 1.15 bits per heavy atom. The molecule has 1 N–H and O–H groups in total. The highest BCUT2D eigenvalue weighted by molar-refractivity contribution is 5.35. The summed E-state index contributed by atoms with van der Waals surface area (Å²) in [4.78, 5) is 2.20. The van der Waals surface area contributed by atoms with Crippen molar-refractivity contribution in [1.29, 1.82) is 0 Å². The number of likely N-dealkylation sites (N-methyl/N-ethyl adjacent to an activating group) is 1. The SMILES string of the molecule is CCC(CC)(C(O)Cc1ccc2c(c1)CCC2)N(C)C. The number of aliphatic hydroxyl groups is 1. The van der Waals surface area contributed by atoms with Gasteiger partial charge in [0.25, 0.3) is 0 Å². The van der Waals surface area contributed by atoms with Gasteiger partial charge in [0.15, 0.2) is 0 Å². The van der Waals surface area contributed by atoms with Gasteiger partial charge in [0.1, 0.15) is 0 Å². The lowest BCUT2D eigenvalue weighted by molar-refractivity contribution is -0.0125. The van der Waals surface area contributed by atoms with Gasteiger partial charge < -0.3 is 10.0 Å². The summed E-state index contributed by atoms with van der Waals surface area (Å²) in [5, 5.41) is 10.8. The molecule has 0 saturated carbocycles. The molecular weight excluding hydrogens is 246 g/mol. The van der Waals surface area contributed by atoms with E-state index in [0.29, 0.717) is 0 Å². The van der Waals surface area contributed by atoms with Crippen LogP contribution in [0.15, 0.2) is 18.2 Å². The van der Waals surface area contributed by atoms with Crippen molar-refractivity contribution < 1.29 is 5.11 Å². The van der Waals surface area contributed by atoms with Crippen LogP contribution in [-0.4, -0.2) is 35.7 Å². The van der Waals surface area contributed by atoms with Crippen molar-refractivity contribution in [2.45, 2.75) is 64.0 Å². The van der Waals surface area contributed by atoms with Gasteiger partial charge in [-0.05, 0) is 62.9 Å². The van der Waals surface area contributed by atoms with Crippen LogP contribution in [0.4, 0.5) is 0 Å². The van der Waals surface area contributed by atoms with Crippen LogP contribution < -0.4 is 0 Å². The lowest BCUT2D eigenvalue weighted by Gasteiger charge is -2.42. The van der Waals surface area contributed by atoms with Crippen LogP contribution in [0.2, 0.25) is 0 Å². The fraction of sp³-hybridized carbons (Fsp3) is 0.667. The van der Waals surface area contributed by atoms with Gasteiger partial charge in [-0.3, -0.25) is 0 Å². The van der Waals surface area contributed by atoms with E-state index in [1.54, 1.807) is 0 Å². The molecule has 0 fully saturated rings. The molecule has 1 aliphatic rings. The number of rotatable bonds is 6. The maximum Gasteiger partial charge on any atom is 0.0763 e. The molecule has 2 nitrogen and oxygen atoms in total. The molecule has 0 bridgehead atoms. The molecule has 0 spiro atoms. The molecule has 0 aliphatic heterocycles. The van der Waals surface area contributed by atoms with Gasteiger partial charge in [0.2, 0.25) is 0 Å². The molecule has 112 valence electrons. The number of hydrogen-bond acceptors (Lipinski definition) is 2. The Balaban J connectivity index is 2.16. The van der Waals surface area contributed by atoms with E-state index >= 15 is 0 Å². The molecule has 0 saturated heterocycles. The maximum absolute atomic E-state index is 10.8. The topological polar surface area (TPSA) is 23.5 Å². The van der Waals surface area contributed by atoms with Crippen molar-refractivity contribution in [3.05, 3.63) is 34.9 Å². The van der Waals surface area contributed by atoms with Crippen molar-refractivity contribution in [2.75, 3.05) is 14.1 Å². The number of fused-ring (bicyclic) bond motifs is 1. The third-order valence-electron chi connectivity index (χ3n) is 5.33. The van der Waals surface area contributed by atoms with Crippen LogP contribution in [0.3, 0.4) is 0 Å². The van der Waals surface area contributed by atoms with Crippen molar-refractivity contribution in [2.24, 2.45) is 0 Å². The van der Waals surface area contributed by atoms with Crippen LogP contribution >= 0.6 is 0 Å². The molecule has 1 atom stereocenters. The second-order valence-electron chi connectivity index (χ2n) is 6.38. The first kappa shape index (κ1) is 15.5. The Morgan fingerprint density at radius 2 is 1.80 bits per heavy atom. The van der Waals surface area contributed by atoms with Crippen molar-refractivity contribution in [3.8, 4) is 0 Å². The molecule has 1 unspecified atom stereocenters. The lowest BCUT2D eigenvalue weighted by Crippen LogP contribution is -2.53. The molecule has 1 aromatic rings. The minimum atomic E-state index is -0.313. The molecule has 0 radical (unpaired) electrons. The predicted octanol–water partition coefficient (Wildman–Crippen LogP) is 3.20. The zero-order chi connectivity index (χ0) is 14.8. The summed E-state index contributed by atoms with van der Waals surface area (Å²) in [6.45, 7) is 4.35. The third kappa shape index (κ3) is 2.77. The van der Waals surface area contributed by atoms with Gasteiger partial charge in [0, 0.05) is 12.0 Å². The van der Waals surface area contributed by atoms with Crippen LogP contribution in [0.1, 0.15) is 49.8 Å². The van der Waals surface area contributed by atoms with E-state index in [4.69, 9.17) is 0 Å². The first-order valence-electron chi connectivity index (χ1n) is 7.99. The Bertz CT molecular complexity index is 449. The van der Waals surface area contributed by atoms with Gasteiger partial charge in [-0.15, -0.1) is 0 Å². The van der Waals surface area contributed by atoms with Crippen molar-refractivity contribution >= 4 is 0 Å². The smallest absolute Gasteiger partial charge is 0.0763 e. The minimum Gasteiger partial charge on any atom is -0.391 e. The number of hydrogen-bond donors (Lipinski definition) is 1. The summed E-state index contributed by atoms with van der Waals surface area (Å²) in [6.07, 6.45) is 6.11. The van der Waals surface area contributed by atoms with Gasteiger partial charge in [0.05, 0.1) is 6.10 Å². The van der Waals surface area contributed by atoms with Crippen molar-refractivity contribution in [3.63, 3.8) is 0 Å². The Morgan fingerprint density at radius 3 is 2.40 bits per heavy atom. The monoisotopic (exact) mass is 275 g/mol. The highest BCUT2D eigenvalue weighted by atomic mass is 16.3. The van der Waals surface area contributed by atoms with Crippen LogP contribution in [-0.2, 0) is 19.3 Å². The molecule has 20 heavy (non-hydrogen) atoms.